The number of rotatable bonds is 6. The highest BCUT2D eigenvalue weighted by Gasteiger charge is 2.25. The van der Waals surface area contributed by atoms with Crippen LogP contribution in [-0.2, 0) is 11.3 Å². The fourth-order valence-corrected chi connectivity index (χ4v) is 4.11. The molecule has 150 valence electrons. The number of benzene rings is 2. The van der Waals surface area contributed by atoms with Crippen LogP contribution in [0.2, 0.25) is 0 Å². The number of ether oxygens (including phenoxy) is 1. The third-order valence-electron chi connectivity index (χ3n) is 5.50. The molecule has 1 heterocycles. The summed E-state index contributed by atoms with van der Waals surface area (Å²) in [5.74, 6) is 1.18. The summed E-state index contributed by atoms with van der Waals surface area (Å²) in [5.41, 5.74) is 5.75. The molecule has 2 aromatic carbocycles. The Morgan fingerprint density at radius 3 is 2.43 bits per heavy atom. The second-order valence-electron chi connectivity index (χ2n) is 7.89. The summed E-state index contributed by atoms with van der Waals surface area (Å²) in [6, 6.07) is 12.6. The summed E-state index contributed by atoms with van der Waals surface area (Å²) in [6.07, 6.45) is 1.81. The molecule has 1 fully saturated rings. The summed E-state index contributed by atoms with van der Waals surface area (Å²) in [4.78, 5) is 15.2. The van der Waals surface area contributed by atoms with Crippen molar-refractivity contribution in [3.05, 3.63) is 58.7 Å². The zero-order valence-corrected chi connectivity index (χ0v) is 17.5. The molecule has 0 radical (unpaired) electrons. The molecule has 4 nitrogen and oxygen atoms in total. The van der Waals surface area contributed by atoms with Gasteiger partial charge in [0.15, 0.2) is 0 Å². The van der Waals surface area contributed by atoms with Crippen molar-refractivity contribution in [2.24, 2.45) is 5.92 Å². The molecule has 3 rings (SSSR count). The van der Waals surface area contributed by atoms with Gasteiger partial charge in [-0.05, 0) is 82.4 Å². The van der Waals surface area contributed by atoms with E-state index in [1.165, 1.54) is 11.1 Å². The molecule has 1 amide bonds. The van der Waals surface area contributed by atoms with Gasteiger partial charge < -0.3 is 10.1 Å². The standard InChI is InChI=1S/C24H32N2O2/c1-5-28-22-8-6-7-20(15-22)16-26-11-9-21(10-12-26)24(27)25-23-18(3)13-17(2)14-19(23)4/h6-8,13-15,21H,5,9-12,16H2,1-4H3,(H,25,27). The average molecular weight is 381 g/mol. The average Bonchev–Trinajstić information content (AvgIpc) is 2.66. The number of carbonyl (C=O) groups is 1. The Morgan fingerprint density at radius 2 is 1.79 bits per heavy atom. The van der Waals surface area contributed by atoms with Gasteiger partial charge in [-0.25, -0.2) is 0 Å². The van der Waals surface area contributed by atoms with E-state index in [2.05, 4.69) is 55.3 Å². The van der Waals surface area contributed by atoms with Crippen molar-refractivity contribution >= 4 is 11.6 Å². The number of anilines is 1. The largest absolute Gasteiger partial charge is 0.494 e. The van der Waals surface area contributed by atoms with Crippen LogP contribution in [0.5, 0.6) is 5.75 Å². The van der Waals surface area contributed by atoms with Gasteiger partial charge in [0.1, 0.15) is 5.75 Å². The summed E-state index contributed by atoms with van der Waals surface area (Å²) in [7, 11) is 0. The molecule has 0 aromatic heterocycles. The molecule has 0 atom stereocenters. The smallest absolute Gasteiger partial charge is 0.227 e. The minimum Gasteiger partial charge on any atom is -0.494 e. The number of amides is 1. The number of nitrogens with zero attached hydrogens (tertiary/aromatic N) is 1. The van der Waals surface area contributed by atoms with Crippen molar-refractivity contribution in [3.8, 4) is 5.75 Å². The molecule has 1 aliphatic rings. The fraction of sp³-hybridized carbons (Fsp3) is 0.458. The first kappa shape index (κ1) is 20.4. The molecule has 0 saturated carbocycles. The van der Waals surface area contributed by atoms with Gasteiger partial charge in [-0.1, -0.05) is 29.8 Å². The zero-order chi connectivity index (χ0) is 20.1. The van der Waals surface area contributed by atoms with E-state index in [0.29, 0.717) is 6.61 Å². The van der Waals surface area contributed by atoms with Crippen molar-refractivity contribution in [2.75, 3.05) is 25.0 Å². The van der Waals surface area contributed by atoms with E-state index >= 15 is 0 Å². The molecule has 1 aliphatic heterocycles. The van der Waals surface area contributed by atoms with E-state index in [9.17, 15) is 4.79 Å². The Balaban J connectivity index is 1.54. The summed E-state index contributed by atoms with van der Waals surface area (Å²) in [6.45, 7) is 11.7. The van der Waals surface area contributed by atoms with Gasteiger partial charge in [0, 0.05) is 18.2 Å². The first-order valence-corrected chi connectivity index (χ1v) is 10.3. The first-order valence-electron chi connectivity index (χ1n) is 10.3. The van der Waals surface area contributed by atoms with Gasteiger partial charge >= 0.3 is 0 Å². The SMILES string of the molecule is CCOc1cccc(CN2CCC(C(=O)Nc3c(C)cc(C)cc3C)CC2)c1. The lowest BCUT2D eigenvalue weighted by molar-refractivity contribution is -0.121. The quantitative estimate of drug-likeness (QED) is 0.778. The highest BCUT2D eigenvalue weighted by Crippen LogP contribution is 2.26. The Hall–Kier alpha value is -2.33. The van der Waals surface area contributed by atoms with Gasteiger partial charge in [0.05, 0.1) is 6.61 Å². The van der Waals surface area contributed by atoms with Gasteiger partial charge in [-0.2, -0.15) is 0 Å². The molecule has 4 heteroatoms. The number of aryl methyl sites for hydroxylation is 3. The van der Waals surface area contributed by atoms with Crippen LogP contribution in [0, 0.1) is 26.7 Å². The van der Waals surface area contributed by atoms with Gasteiger partial charge in [-0.3, -0.25) is 9.69 Å². The van der Waals surface area contributed by atoms with Crippen molar-refractivity contribution < 1.29 is 9.53 Å². The molecule has 2 aromatic rings. The molecule has 0 spiro atoms. The van der Waals surface area contributed by atoms with Gasteiger partial charge in [0.2, 0.25) is 5.91 Å². The summed E-state index contributed by atoms with van der Waals surface area (Å²) >= 11 is 0. The predicted octanol–water partition coefficient (Wildman–Crippen LogP) is 4.86. The predicted molar refractivity (Wildman–Crippen MR) is 115 cm³/mol. The summed E-state index contributed by atoms with van der Waals surface area (Å²) < 4.78 is 5.60. The number of likely N-dealkylation sites (tertiary alicyclic amines) is 1. The molecule has 1 saturated heterocycles. The van der Waals surface area contributed by atoms with Crippen LogP contribution < -0.4 is 10.1 Å². The van der Waals surface area contributed by atoms with Crippen LogP contribution in [0.4, 0.5) is 5.69 Å². The molecular formula is C24H32N2O2. The van der Waals surface area contributed by atoms with E-state index in [1.54, 1.807) is 0 Å². The Labute approximate surface area is 168 Å². The van der Waals surface area contributed by atoms with E-state index in [-0.39, 0.29) is 11.8 Å². The van der Waals surface area contributed by atoms with E-state index in [1.807, 2.05) is 19.1 Å². The lowest BCUT2D eigenvalue weighted by atomic mass is 9.95. The van der Waals surface area contributed by atoms with Crippen LogP contribution >= 0.6 is 0 Å². The Kier molecular flexibility index (Phi) is 6.74. The van der Waals surface area contributed by atoms with Crippen molar-refractivity contribution in [3.63, 3.8) is 0 Å². The molecule has 0 aliphatic carbocycles. The van der Waals surface area contributed by atoms with E-state index in [4.69, 9.17) is 4.74 Å². The molecule has 28 heavy (non-hydrogen) atoms. The fourth-order valence-electron chi connectivity index (χ4n) is 4.11. The van der Waals surface area contributed by atoms with Gasteiger partial charge in [-0.15, -0.1) is 0 Å². The molecular weight excluding hydrogens is 348 g/mol. The number of hydrogen-bond donors (Lipinski definition) is 1. The maximum Gasteiger partial charge on any atom is 0.227 e. The van der Waals surface area contributed by atoms with Crippen molar-refractivity contribution in [1.29, 1.82) is 0 Å². The lowest BCUT2D eigenvalue weighted by Gasteiger charge is -2.31. The first-order chi connectivity index (χ1) is 13.5. The highest BCUT2D eigenvalue weighted by molar-refractivity contribution is 5.94. The lowest BCUT2D eigenvalue weighted by Crippen LogP contribution is -2.37. The van der Waals surface area contributed by atoms with Crippen LogP contribution in [0.15, 0.2) is 36.4 Å². The monoisotopic (exact) mass is 380 g/mol. The number of piperidine rings is 1. The second kappa shape index (κ2) is 9.24. The van der Waals surface area contributed by atoms with Crippen molar-refractivity contribution in [2.45, 2.75) is 47.1 Å². The Morgan fingerprint density at radius 1 is 1.11 bits per heavy atom. The second-order valence-corrected chi connectivity index (χ2v) is 7.89. The molecule has 0 bridgehead atoms. The van der Waals surface area contributed by atoms with Gasteiger partial charge in [0.25, 0.3) is 0 Å². The topological polar surface area (TPSA) is 41.6 Å². The van der Waals surface area contributed by atoms with Crippen LogP contribution in [0.3, 0.4) is 0 Å². The normalized spacial score (nSPS) is 15.4. The van der Waals surface area contributed by atoms with Crippen LogP contribution in [0.1, 0.15) is 42.0 Å². The maximum absolute atomic E-state index is 12.8. The number of nitrogens with one attached hydrogen (secondary N) is 1. The zero-order valence-electron chi connectivity index (χ0n) is 17.5. The van der Waals surface area contributed by atoms with E-state index in [0.717, 1.165) is 55.0 Å². The minimum atomic E-state index is 0.0890. The molecule has 1 N–H and O–H groups in total. The van der Waals surface area contributed by atoms with Crippen LogP contribution in [0.25, 0.3) is 0 Å². The number of carbonyl (C=O) groups excluding carboxylic acids is 1. The third kappa shape index (κ3) is 5.14. The minimum absolute atomic E-state index is 0.0890. The highest BCUT2D eigenvalue weighted by atomic mass is 16.5. The molecule has 0 unspecified atom stereocenters. The Bertz CT molecular complexity index is 800. The maximum atomic E-state index is 12.8. The van der Waals surface area contributed by atoms with E-state index < -0.39 is 0 Å². The third-order valence-corrected chi connectivity index (χ3v) is 5.50. The van der Waals surface area contributed by atoms with Crippen molar-refractivity contribution in [1.82, 2.24) is 4.90 Å². The summed E-state index contributed by atoms with van der Waals surface area (Å²) in [5, 5.41) is 3.19. The number of hydrogen-bond acceptors (Lipinski definition) is 3. The van der Waals surface area contributed by atoms with Crippen LogP contribution in [-0.4, -0.2) is 30.5 Å².